The summed E-state index contributed by atoms with van der Waals surface area (Å²) < 4.78 is 5.67. The normalized spacial score (nSPS) is 9.41. The number of hydrogen-bond acceptors (Lipinski definition) is 4. The van der Waals surface area contributed by atoms with Crippen LogP contribution in [-0.2, 0) is 12.8 Å². The summed E-state index contributed by atoms with van der Waals surface area (Å²) in [6, 6.07) is 30.7. The number of rotatable bonds is 6. The Morgan fingerprint density at radius 1 is 0.559 bits per heavy atom. The fourth-order valence-electron chi connectivity index (χ4n) is 2.84. The van der Waals surface area contributed by atoms with Gasteiger partial charge in [0.2, 0.25) is 0 Å². The molecule has 3 N–H and O–H groups in total. The van der Waals surface area contributed by atoms with Crippen molar-refractivity contribution in [3.05, 3.63) is 140 Å². The zero-order valence-corrected chi connectivity index (χ0v) is 19.0. The molecule has 0 spiro atoms. The average molecular weight is 455 g/mol. The van der Waals surface area contributed by atoms with Gasteiger partial charge in [-0.25, -0.2) is 0 Å². The molecule has 0 saturated heterocycles. The first-order chi connectivity index (χ1) is 16.5. The average Bonchev–Trinajstić information content (AvgIpc) is 2.85. The Morgan fingerprint density at radius 3 is 1.65 bits per heavy atom. The van der Waals surface area contributed by atoms with Crippen LogP contribution in [0.1, 0.15) is 11.1 Å². The standard InChI is InChI=1S/C15H14O2.C9H10O.C6H6O/c1-2-6-12-11-14(9-10-15(12)16)17-13-7-4-3-5-8-13;1-2-5-8-6-3-4-7-9(8)10;7-6-4-2-1-3-5-6/h2-5,7-11,16H,1,6H2;2-4,6-7,10H,1,5H2;1-5,7H. The highest BCUT2D eigenvalue weighted by Gasteiger charge is 2.03. The maximum atomic E-state index is 9.63. The van der Waals surface area contributed by atoms with Gasteiger partial charge in [0.05, 0.1) is 0 Å². The molecule has 4 heteroatoms. The van der Waals surface area contributed by atoms with E-state index in [1.807, 2.05) is 60.7 Å². The second kappa shape index (κ2) is 14.6. The van der Waals surface area contributed by atoms with E-state index in [0.717, 1.165) is 23.3 Å². The van der Waals surface area contributed by atoms with Crippen LogP contribution in [-0.4, -0.2) is 15.3 Å². The van der Waals surface area contributed by atoms with Crippen molar-refractivity contribution in [1.29, 1.82) is 0 Å². The van der Waals surface area contributed by atoms with Gasteiger partial charge in [-0.1, -0.05) is 66.7 Å². The lowest BCUT2D eigenvalue weighted by atomic mass is 10.1. The minimum Gasteiger partial charge on any atom is -0.508 e. The second-order valence-corrected chi connectivity index (χ2v) is 7.16. The van der Waals surface area contributed by atoms with Gasteiger partial charge in [-0.15, -0.1) is 13.2 Å². The zero-order chi connectivity index (χ0) is 24.6. The molecule has 0 heterocycles. The van der Waals surface area contributed by atoms with Gasteiger partial charge in [0, 0.05) is 5.56 Å². The van der Waals surface area contributed by atoms with E-state index < -0.39 is 0 Å². The van der Waals surface area contributed by atoms with Gasteiger partial charge in [-0.3, -0.25) is 0 Å². The summed E-state index contributed by atoms with van der Waals surface area (Å²) in [7, 11) is 0. The fourth-order valence-corrected chi connectivity index (χ4v) is 2.84. The van der Waals surface area contributed by atoms with Gasteiger partial charge in [0.1, 0.15) is 28.7 Å². The molecular formula is C30H30O4. The van der Waals surface area contributed by atoms with E-state index in [0.29, 0.717) is 23.7 Å². The smallest absolute Gasteiger partial charge is 0.127 e. The highest BCUT2D eigenvalue weighted by molar-refractivity contribution is 5.42. The lowest BCUT2D eigenvalue weighted by Crippen LogP contribution is -1.87. The molecule has 4 aromatic rings. The van der Waals surface area contributed by atoms with Crippen LogP contribution in [0, 0.1) is 0 Å². The zero-order valence-electron chi connectivity index (χ0n) is 19.0. The third kappa shape index (κ3) is 9.37. The predicted molar refractivity (Wildman–Crippen MR) is 139 cm³/mol. The number of ether oxygens (including phenoxy) is 1. The molecule has 4 rings (SSSR count). The molecule has 0 aliphatic rings. The van der Waals surface area contributed by atoms with E-state index in [9.17, 15) is 10.2 Å². The quantitative estimate of drug-likeness (QED) is 0.265. The maximum Gasteiger partial charge on any atom is 0.127 e. The number of para-hydroxylation sites is 3. The summed E-state index contributed by atoms with van der Waals surface area (Å²) >= 11 is 0. The minimum absolute atomic E-state index is 0.269. The van der Waals surface area contributed by atoms with Crippen molar-refractivity contribution in [2.24, 2.45) is 0 Å². The van der Waals surface area contributed by atoms with Gasteiger partial charge >= 0.3 is 0 Å². The van der Waals surface area contributed by atoms with Crippen molar-refractivity contribution >= 4 is 0 Å². The number of phenolic OH excluding ortho intramolecular Hbond substituents is 3. The molecule has 0 fully saturated rings. The highest BCUT2D eigenvalue weighted by Crippen LogP contribution is 2.27. The Hall–Kier alpha value is -4.44. The predicted octanol–water partition coefficient (Wildman–Crippen LogP) is 7.43. The number of aromatic hydroxyl groups is 3. The number of allylic oxidation sites excluding steroid dienone is 2. The van der Waals surface area contributed by atoms with Gasteiger partial charge in [-0.05, 0) is 66.9 Å². The van der Waals surface area contributed by atoms with Crippen molar-refractivity contribution in [2.45, 2.75) is 12.8 Å². The molecule has 0 aliphatic heterocycles. The Bertz CT molecular complexity index is 1140. The van der Waals surface area contributed by atoms with Crippen molar-refractivity contribution in [3.63, 3.8) is 0 Å². The molecule has 0 atom stereocenters. The number of phenols is 3. The van der Waals surface area contributed by atoms with Crippen molar-refractivity contribution in [2.75, 3.05) is 0 Å². The Labute approximate surface area is 201 Å². The van der Waals surface area contributed by atoms with Crippen LogP contribution in [0.5, 0.6) is 28.7 Å². The second-order valence-electron chi connectivity index (χ2n) is 7.16. The summed E-state index contributed by atoms with van der Waals surface area (Å²) in [5.41, 5.74) is 1.74. The molecule has 0 aliphatic carbocycles. The molecule has 0 bridgehead atoms. The first-order valence-corrected chi connectivity index (χ1v) is 10.8. The van der Waals surface area contributed by atoms with Crippen LogP contribution in [0.3, 0.4) is 0 Å². The SMILES string of the molecule is C=CCc1cc(Oc2ccccc2)ccc1O.C=CCc1ccccc1O.Oc1ccccc1. The Morgan fingerprint density at radius 2 is 1.09 bits per heavy atom. The van der Waals surface area contributed by atoms with Gasteiger partial charge in [-0.2, -0.15) is 0 Å². The molecule has 0 radical (unpaired) electrons. The fraction of sp³-hybridized carbons (Fsp3) is 0.0667. The minimum atomic E-state index is 0.269. The van der Waals surface area contributed by atoms with E-state index in [2.05, 4.69) is 13.2 Å². The lowest BCUT2D eigenvalue weighted by molar-refractivity contribution is 0.459. The van der Waals surface area contributed by atoms with Crippen molar-refractivity contribution in [3.8, 4) is 28.7 Å². The highest BCUT2D eigenvalue weighted by atomic mass is 16.5. The third-order valence-electron chi connectivity index (χ3n) is 4.51. The summed E-state index contributed by atoms with van der Waals surface area (Å²) in [5, 5.41) is 27.5. The molecule has 174 valence electrons. The molecular weight excluding hydrogens is 424 g/mol. The molecule has 34 heavy (non-hydrogen) atoms. The van der Waals surface area contributed by atoms with Crippen LogP contribution < -0.4 is 4.74 Å². The van der Waals surface area contributed by atoms with E-state index in [4.69, 9.17) is 9.84 Å². The number of hydrogen-bond donors (Lipinski definition) is 3. The monoisotopic (exact) mass is 454 g/mol. The molecule has 4 nitrogen and oxygen atoms in total. The topological polar surface area (TPSA) is 69.9 Å². The summed E-state index contributed by atoms with van der Waals surface area (Å²) in [6.45, 7) is 7.24. The van der Waals surface area contributed by atoms with Gasteiger partial charge in [0.15, 0.2) is 0 Å². The van der Waals surface area contributed by atoms with E-state index in [-0.39, 0.29) is 5.75 Å². The van der Waals surface area contributed by atoms with Crippen molar-refractivity contribution in [1.82, 2.24) is 0 Å². The van der Waals surface area contributed by atoms with Crippen LogP contribution in [0.25, 0.3) is 0 Å². The van der Waals surface area contributed by atoms with Gasteiger partial charge in [0.25, 0.3) is 0 Å². The van der Waals surface area contributed by atoms with Crippen molar-refractivity contribution < 1.29 is 20.1 Å². The summed E-state index contributed by atoms with van der Waals surface area (Å²) in [5.74, 6) is 2.43. The molecule has 0 aromatic heterocycles. The van der Waals surface area contributed by atoms with E-state index in [1.54, 1.807) is 54.6 Å². The summed E-state index contributed by atoms with van der Waals surface area (Å²) in [4.78, 5) is 0. The molecule has 0 amide bonds. The first kappa shape index (κ1) is 25.8. The molecule has 0 saturated carbocycles. The third-order valence-corrected chi connectivity index (χ3v) is 4.51. The van der Waals surface area contributed by atoms with Crippen LogP contribution in [0.4, 0.5) is 0 Å². The number of benzene rings is 4. The van der Waals surface area contributed by atoms with Crippen LogP contribution in [0.2, 0.25) is 0 Å². The van der Waals surface area contributed by atoms with Crippen LogP contribution in [0.15, 0.2) is 128 Å². The maximum absolute atomic E-state index is 9.63. The lowest BCUT2D eigenvalue weighted by Gasteiger charge is -2.08. The summed E-state index contributed by atoms with van der Waals surface area (Å²) in [6.07, 6.45) is 4.88. The van der Waals surface area contributed by atoms with E-state index in [1.165, 1.54) is 0 Å². The molecule has 4 aromatic carbocycles. The Kier molecular flexibility index (Phi) is 11.1. The van der Waals surface area contributed by atoms with Gasteiger partial charge < -0.3 is 20.1 Å². The largest absolute Gasteiger partial charge is 0.508 e. The molecule has 0 unspecified atom stereocenters. The Balaban J connectivity index is 0.000000202. The van der Waals surface area contributed by atoms with Crippen LogP contribution >= 0.6 is 0 Å². The van der Waals surface area contributed by atoms with E-state index >= 15 is 0 Å². The first-order valence-electron chi connectivity index (χ1n) is 10.8.